The number of hydrogen-bond donors (Lipinski definition) is 1. The lowest BCUT2D eigenvalue weighted by Crippen LogP contribution is -2.50. The first-order valence-corrected chi connectivity index (χ1v) is 9.38. The van der Waals surface area contributed by atoms with Crippen LogP contribution in [-0.4, -0.2) is 35.4 Å². The fourth-order valence-corrected chi connectivity index (χ4v) is 4.48. The molecule has 1 fully saturated rings. The van der Waals surface area contributed by atoms with Gasteiger partial charge in [0.1, 0.15) is 0 Å². The molecule has 1 aliphatic heterocycles. The number of benzene rings is 2. The van der Waals surface area contributed by atoms with Gasteiger partial charge in [-0.3, -0.25) is 4.79 Å². The van der Waals surface area contributed by atoms with Crippen LogP contribution in [-0.2, 0) is 10.4 Å². The van der Waals surface area contributed by atoms with Crippen LogP contribution in [0.3, 0.4) is 0 Å². The lowest BCUT2D eigenvalue weighted by atomic mass is 9.71. The Kier molecular flexibility index (Phi) is 4.29. The molecule has 1 aliphatic carbocycles. The predicted octanol–water partition coefficient (Wildman–Crippen LogP) is 3.64. The minimum atomic E-state index is -1.54. The zero-order valence-corrected chi connectivity index (χ0v) is 15.2. The number of ketones is 1. The second kappa shape index (κ2) is 6.49. The van der Waals surface area contributed by atoms with Crippen molar-refractivity contribution < 1.29 is 9.90 Å². The molecule has 2 atom stereocenters. The number of carbonyl (C=O) groups excluding carboxylic acids is 1. The molecular weight excluding hydrogens is 322 g/mol. The third-order valence-corrected chi connectivity index (χ3v) is 5.89. The number of hydrogen-bond acceptors (Lipinski definition) is 3. The Bertz CT molecular complexity index is 824. The highest BCUT2D eigenvalue weighted by atomic mass is 16.3. The summed E-state index contributed by atoms with van der Waals surface area (Å²) in [5.74, 6) is -0.198. The van der Waals surface area contributed by atoms with Crippen molar-refractivity contribution in [1.82, 2.24) is 4.90 Å². The second-order valence-electron chi connectivity index (χ2n) is 7.73. The Morgan fingerprint density at radius 2 is 1.54 bits per heavy atom. The van der Waals surface area contributed by atoms with Gasteiger partial charge in [-0.05, 0) is 37.1 Å². The van der Waals surface area contributed by atoms with E-state index in [9.17, 15) is 9.90 Å². The van der Waals surface area contributed by atoms with E-state index in [2.05, 4.69) is 4.90 Å². The number of aliphatic hydroxyl groups is 1. The molecule has 0 unspecified atom stereocenters. The van der Waals surface area contributed by atoms with Crippen LogP contribution in [0.4, 0.5) is 0 Å². The maximum Gasteiger partial charge on any atom is 0.200 e. The van der Waals surface area contributed by atoms with Crippen molar-refractivity contribution in [3.8, 4) is 0 Å². The highest BCUT2D eigenvalue weighted by molar-refractivity contribution is 6.27. The van der Waals surface area contributed by atoms with Crippen LogP contribution in [0, 0.1) is 5.41 Å². The van der Waals surface area contributed by atoms with Crippen LogP contribution in [0.2, 0.25) is 0 Å². The van der Waals surface area contributed by atoms with Crippen LogP contribution in [0.15, 0.2) is 66.7 Å². The molecule has 0 aromatic heterocycles. The Morgan fingerprint density at radius 3 is 2.15 bits per heavy atom. The summed E-state index contributed by atoms with van der Waals surface area (Å²) < 4.78 is 0. The molecule has 26 heavy (non-hydrogen) atoms. The molecule has 0 radical (unpaired) electrons. The Balaban J connectivity index is 1.82. The zero-order valence-electron chi connectivity index (χ0n) is 15.2. The molecule has 0 spiro atoms. The Morgan fingerprint density at radius 1 is 0.962 bits per heavy atom. The fraction of sp³-hybridized carbons (Fsp3) is 0.348. The maximum absolute atomic E-state index is 13.5. The topological polar surface area (TPSA) is 40.5 Å². The van der Waals surface area contributed by atoms with E-state index in [1.165, 1.54) is 12.8 Å². The van der Waals surface area contributed by atoms with Crippen molar-refractivity contribution >= 4 is 11.4 Å². The molecule has 1 saturated heterocycles. The third-order valence-electron chi connectivity index (χ3n) is 5.89. The van der Waals surface area contributed by atoms with Gasteiger partial charge in [-0.2, -0.15) is 0 Å². The van der Waals surface area contributed by atoms with Crippen LogP contribution in [0.5, 0.6) is 0 Å². The van der Waals surface area contributed by atoms with E-state index in [-0.39, 0.29) is 5.78 Å². The molecule has 2 aromatic rings. The molecule has 0 amide bonds. The van der Waals surface area contributed by atoms with E-state index in [4.69, 9.17) is 0 Å². The van der Waals surface area contributed by atoms with E-state index in [1.54, 1.807) is 0 Å². The second-order valence-corrected chi connectivity index (χ2v) is 7.73. The van der Waals surface area contributed by atoms with Crippen LogP contribution < -0.4 is 0 Å². The van der Waals surface area contributed by atoms with Gasteiger partial charge in [-0.25, -0.2) is 0 Å². The summed E-state index contributed by atoms with van der Waals surface area (Å²) in [5.41, 5.74) is -0.0345. The van der Waals surface area contributed by atoms with Crippen molar-refractivity contribution in [1.29, 1.82) is 0 Å². The standard InChI is InChI=1S/C23H25NO2/c1-22(17-24-14-8-9-15-24)16-20(18-10-4-2-5-11-18)21(25)23(22,26)19-12-6-3-7-13-19/h2-7,10-13,16,26H,8-9,14-15,17H2,1H3/t22-,23+/m1/s1. The molecule has 134 valence electrons. The number of Topliss-reactive ketones (excluding diaryl/α,β-unsaturated/α-hetero) is 1. The van der Waals surface area contributed by atoms with E-state index in [0.717, 1.165) is 18.7 Å². The SMILES string of the molecule is C[C@]1(CN2CCCC2)C=C(c2ccccc2)C(=O)[C@@]1(O)c1ccccc1. The molecule has 1 N–H and O–H groups in total. The number of rotatable bonds is 4. The van der Waals surface area contributed by atoms with Crippen LogP contribution in [0.25, 0.3) is 5.57 Å². The third kappa shape index (κ3) is 2.63. The Labute approximate surface area is 155 Å². The quantitative estimate of drug-likeness (QED) is 0.918. The van der Waals surface area contributed by atoms with Gasteiger partial charge in [0, 0.05) is 17.5 Å². The summed E-state index contributed by atoms with van der Waals surface area (Å²) in [6.45, 7) is 4.76. The van der Waals surface area contributed by atoms with Gasteiger partial charge in [-0.15, -0.1) is 0 Å². The molecule has 3 nitrogen and oxygen atoms in total. The number of carbonyl (C=O) groups is 1. The molecule has 3 heteroatoms. The molecule has 2 aromatic carbocycles. The highest BCUT2D eigenvalue weighted by Gasteiger charge is 2.58. The van der Waals surface area contributed by atoms with Crippen molar-refractivity contribution in [3.05, 3.63) is 77.9 Å². The summed E-state index contributed by atoms with van der Waals surface area (Å²) in [7, 11) is 0. The van der Waals surface area contributed by atoms with Crippen molar-refractivity contribution in [3.63, 3.8) is 0 Å². The smallest absolute Gasteiger partial charge is 0.200 e. The summed E-state index contributed by atoms with van der Waals surface area (Å²) in [4.78, 5) is 15.8. The number of likely N-dealkylation sites (tertiary alicyclic amines) is 1. The molecule has 1 heterocycles. The van der Waals surface area contributed by atoms with E-state index in [0.29, 0.717) is 17.7 Å². The van der Waals surface area contributed by atoms with Gasteiger partial charge in [0.15, 0.2) is 11.4 Å². The summed E-state index contributed by atoms with van der Waals surface area (Å²) in [6, 6.07) is 19.1. The molecule has 0 saturated carbocycles. The van der Waals surface area contributed by atoms with Crippen molar-refractivity contribution in [2.24, 2.45) is 5.41 Å². The van der Waals surface area contributed by atoms with Gasteiger partial charge in [0.25, 0.3) is 0 Å². The summed E-state index contributed by atoms with van der Waals surface area (Å²) in [6.07, 6.45) is 4.38. The normalized spacial score (nSPS) is 29.2. The Hall–Kier alpha value is -2.23. The molecule has 4 rings (SSSR count). The highest BCUT2D eigenvalue weighted by Crippen LogP contribution is 2.51. The minimum absolute atomic E-state index is 0.198. The first kappa shape index (κ1) is 17.2. The van der Waals surface area contributed by atoms with Gasteiger partial charge in [-0.1, -0.05) is 73.7 Å². The molecular formula is C23H25NO2. The van der Waals surface area contributed by atoms with Crippen molar-refractivity contribution in [2.75, 3.05) is 19.6 Å². The number of nitrogens with zero attached hydrogens (tertiary/aromatic N) is 1. The van der Waals surface area contributed by atoms with E-state index >= 15 is 0 Å². The van der Waals surface area contributed by atoms with Gasteiger partial charge in [0.2, 0.25) is 0 Å². The average molecular weight is 347 g/mol. The molecule has 2 aliphatic rings. The van der Waals surface area contributed by atoms with Crippen LogP contribution in [0.1, 0.15) is 30.9 Å². The summed E-state index contributed by atoms with van der Waals surface area (Å²) in [5, 5.41) is 11.8. The van der Waals surface area contributed by atoms with E-state index < -0.39 is 11.0 Å². The fourth-order valence-electron chi connectivity index (χ4n) is 4.48. The van der Waals surface area contributed by atoms with Crippen molar-refractivity contribution in [2.45, 2.75) is 25.4 Å². The molecule has 0 bridgehead atoms. The predicted molar refractivity (Wildman–Crippen MR) is 104 cm³/mol. The average Bonchev–Trinajstić information content (AvgIpc) is 3.25. The first-order valence-electron chi connectivity index (χ1n) is 9.38. The largest absolute Gasteiger partial charge is 0.376 e. The lowest BCUT2D eigenvalue weighted by Gasteiger charge is -2.40. The van der Waals surface area contributed by atoms with Crippen LogP contribution >= 0.6 is 0 Å². The minimum Gasteiger partial charge on any atom is -0.376 e. The van der Waals surface area contributed by atoms with Gasteiger partial charge in [0.05, 0.1) is 0 Å². The lowest BCUT2D eigenvalue weighted by molar-refractivity contribution is -0.142. The van der Waals surface area contributed by atoms with Gasteiger partial charge >= 0.3 is 0 Å². The maximum atomic E-state index is 13.5. The zero-order chi connectivity index (χ0) is 18.2. The van der Waals surface area contributed by atoms with Gasteiger partial charge < -0.3 is 10.0 Å². The summed E-state index contributed by atoms with van der Waals surface area (Å²) >= 11 is 0. The first-order chi connectivity index (χ1) is 12.5. The monoisotopic (exact) mass is 347 g/mol. The van der Waals surface area contributed by atoms with E-state index in [1.807, 2.05) is 73.7 Å².